The molecule has 2 nitrogen and oxygen atoms in total. The second-order valence-electron chi connectivity index (χ2n) is 4.61. The SMILES string of the molecule is CCCCC(C)N1CCCC(NC)C1. The summed E-state index contributed by atoms with van der Waals surface area (Å²) in [5.41, 5.74) is 0. The van der Waals surface area contributed by atoms with Gasteiger partial charge in [-0.05, 0) is 39.8 Å². The van der Waals surface area contributed by atoms with Crippen molar-refractivity contribution in [1.29, 1.82) is 0 Å². The van der Waals surface area contributed by atoms with Crippen molar-refractivity contribution in [2.45, 2.75) is 58.0 Å². The van der Waals surface area contributed by atoms with Crippen molar-refractivity contribution in [3.05, 3.63) is 0 Å². The molecule has 1 heterocycles. The minimum absolute atomic E-state index is 0.729. The zero-order chi connectivity index (χ0) is 10.4. The monoisotopic (exact) mass is 198 g/mol. The molecule has 0 spiro atoms. The number of hydrogen-bond acceptors (Lipinski definition) is 2. The molecule has 2 atom stereocenters. The molecule has 0 amide bonds. The number of unbranched alkanes of at least 4 members (excludes halogenated alkanes) is 1. The van der Waals surface area contributed by atoms with Gasteiger partial charge in [0, 0.05) is 18.6 Å². The van der Waals surface area contributed by atoms with E-state index >= 15 is 0 Å². The Morgan fingerprint density at radius 1 is 1.50 bits per heavy atom. The van der Waals surface area contributed by atoms with Gasteiger partial charge in [-0.2, -0.15) is 0 Å². The van der Waals surface area contributed by atoms with Crippen molar-refractivity contribution in [3.8, 4) is 0 Å². The lowest BCUT2D eigenvalue weighted by Crippen LogP contribution is -2.47. The number of nitrogens with zero attached hydrogens (tertiary/aromatic N) is 1. The standard InChI is InChI=1S/C12H26N2/c1-4-5-7-11(2)14-9-6-8-12(10-14)13-3/h11-13H,4-10H2,1-3H3. The van der Waals surface area contributed by atoms with Gasteiger partial charge < -0.3 is 5.32 Å². The first-order valence-electron chi connectivity index (χ1n) is 6.19. The van der Waals surface area contributed by atoms with Gasteiger partial charge in [-0.1, -0.05) is 19.8 Å². The molecular weight excluding hydrogens is 172 g/mol. The molecule has 0 aromatic rings. The Morgan fingerprint density at radius 2 is 2.29 bits per heavy atom. The summed E-state index contributed by atoms with van der Waals surface area (Å²) in [6.45, 7) is 7.22. The quantitative estimate of drug-likeness (QED) is 0.729. The first-order chi connectivity index (χ1) is 6.77. The summed E-state index contributed by atoms with van der Waals surface area (Å²) in [4.78, 5) is 2.65. The van der Waals surface area contributed by atoms with Crippen LogP contribution in [0.25, 0.3) is 0 Å². The molecule has 14 heavy (non-hydrogen) atoms. The van der Waals surface area contributed by atoms with Gasteiger partial charge in [0.1, 0.15) is 0 Å². The molecule has 1 aliphatic rings. The predicted molar refractivity (Wildman–Crippen MR) is 62.6 cm³/mol. The summed E-state index contributed by atoms with van der Waals surface area (Å²) < 4.78 is 0. The third-order valence-electron chi connectivity index (χ3n) is 3.46. The lowest BCUT2D eigenvalue weighted by molar-refractivity contribution is 0.141. The molecular formula is C12H26N2. The van der Waals surface area contributed by atoms with Crippen molar-refractivity contribution < 1.29 is 0 Å². The van der Waals surface area contributed by atoms with Crippen LogP contribution in [-0.4, -0.2) is 37.1 Å². The molecule has 0 aliphatic carbocycles. The highest BCUT2D eigenvalue weighted by atomic mass is 15.2. The average molecular weight is 198 g/mol. The van der Waals surface area contributed by atoms with E-state index in [-0.39, 0.29) is 0 Å². The fourth-order valence-corrected chi connectivity index (χ4v) is 2.32. The fraction of sp³-hybridized carbons (Fsp3) is 1.00. The highest BCUT2D eigenvalue weighted by molar-refractivity contribution is 4.80. The van der Waals surface area contributed by atoms with Crippen molar-refractivity contribution in [3.63, 3.8) is 0 Å². The van der Waals surface area contributed by atoms with E-state index in [2.05, 4.69) is 31.1 Å². The number of hydrogen-bond donors (Lipinski definition) is 1. The molecule has 1 fully saturated rings. The number of piperidine rings is 1. The number of nitrogens with one attached hydrogen (secondary N) is 1. The van der Waals surface area contributed by atoms with E-state index < -0.39 is 0 Å². The zero-order valence-corrected chi connectivity index (χ0v) is 10.1. The van der Waals surface area contributed by atoms with Crippen LogP contribution in [0.15, 0.2) is 0 Å². The van der Waals surface area contributed by atoms with E-state index in [0.717, 1.165) is 12.1 Å². The summed E-state index contributed by atoms with van der Waals surface area (Å²) in [5, 5.41) is 3.40. The second-order valence-corrected chi connectivity index (χ2v) is 4.61. The molecule has 0 saturated carbocycles. The predicted octanol–water partition coefficient (Wildman–Crippen LogP) is 2.25. The highest BCUT2D eigenvalue weighted by Crippen LogP contribution is 2.15. The maximum Gasteiger partial charge on any atom is 0.0192 e. The minimum atomic E-state index is 0.729. The van der Waals surface area contributed by atoms with Gasteiger partial charge in [0.25, 0.3) is 0 Å². The molecule has 0 radical (unpaired) electrons. The molecule has 1 rings (SSSR count). The van der Waals surface area contributed by atoms with Crippen molar-refractivity contribution >= 4 is 0 Å². The van der Waals surface area contributed by atoms with Crippen LogP contribution in [0.3, 0.4) is 0 Å². The van der Waals surface area contributed by atoms with E-state index in [1.165, 1.54) is 45.2 Å². The maximum absolute atomic E-state index is 3.40. The molecule has 1 N–H and O–H groups in total. The summed E-state index contributed by atoms with van der Waals surface area (Å²) in [7, 11) is 2.09. The Labute approximate surface area is 89.1 Å². The van der Waals surface area contributed by atoms with Crippen LogP contribution in [0.1, 0.15) is 46.0 Å². The normalized spacial score (nSPS) is 26.4. The second kappa shape index (κ2) is 6.41. The smallest absolute Gasteiger partial charge is 0.0192 e. The van der Waals surface area contributed by atoms with Gasteiger partial charge in [0.2, 0.25) is 0 Å². The third kappa shape index (κ3) is 3.58. The molecule has 0 aromatic carbocycles. The minimum Gasteiger partial charge on any atom is -0.316 e. The van der Waals surface area contributed by atoms with Crippen LogP contribution in [0.2, 0.25) is 0 Å². The van der Waals surface area contributed by atoms with E-state index in [9.17, 15) is 0 Å². The topological polar surface area (TPSA) is 15.3 Å². The molecule has 2 unspecified atom stereocenters. The van der Waals surface area contributed by atoms with Gasteiger partial charge in [-0.3, -0.25) is 4.90 Å². The van der Waals surface area contributed by atoms with Crippen LogP contribution >= 0.6 is 0 Å². The Hall–Kier alpha value is -0.0800. The number of likely N-dealkylation sites (tertiary alicyclic amines) is 1. The Bertz CT molecular complexity index is 147. The molecule has 84 valence electrons. The Morgan fingerprint density at radius 3 is 2.93 bits per heavy atom. The number of rotatable bonds is 5. The van der Waals surface area contributed by atoms with E-state index in [0.29, 0.717) is 0 Å². The van der Waals surface area contributed by atoms with E-state index in [1.54, 1.807) is 0 Å². The first kappa shape index (κ1) is 12.0. The van der Waals surface area contributed by atoms with Crippen LogP contribution in [-0.2, 0) is 0 Å². The molecule has 0 aromatic heterocycles. The van der Waals surface area contributed by atoms with Gasteiger partial charge >= 0.3 is 0 Å². The molecule has 0 bridgehead atoms. The van der Waals surface area contributed by atoms with Gasteiger partial charge in [-0.15, -0.1) is 0 Å². The van der Waals surface area contributed by atoms with Crippen LogP contribution in [0.4, 0.5) is 0 Å². The van der Waals surface area contributed by atoms with Crippen molar-refractivity contribution in [2.24, 2.45) is 0 Å². The lowest BCUT2D eigenvalue weighted by Gasteiger charge is -2.36. The highest BCUT2D eigenvalue weighted by Gasteiger charge is 2.21. The fourth-order valence-electron chi connectivity index (χ4n) is 2.32. The maximum atomic E-state index is 3.40. The van der Waals surface area contributed by atoms with Gasteiger partial charge in [0.05, 0.1) is 0 Å². The summed E-state index contributed by atoms with van der Waals surface area (Å²) in [6, 6.07) is 1.51. The van der Waals surface area contributed by atoms with Crippen molar-refractivity contribution in [1.82, 2.24) is 10.2 Å². The summed E-state index contributed by atoms with van der Waals surface area (Å²) in [5.74, 6) is 0. The third-order valence-corrected chi connectivity index (χ3v) is 3.46. The molecule has 1 aliphatic heterocycles. The van der Waals surface area contributed by atoms with Gasteiger partial charge in [0.15, 0.2) is 0 Å². The first-order valence-corrected chi connectivity index (χ1v) is 6.19. The Balaban J connectivity index is 2.27. The zero-order valence-electron chi connectivity index (χ0n) is 10.1. The average Bonchev–Trinajstić information content (AvgIpc) is 2.26. The lowest BCUT2D eigenvalue weighted by atomic mass is 10.0. The van der Waals surface area contributed by atoms with Crippen LogP contribution in [0.5, 0.6) is 0 Å². The van der Waals surface area contributed by atoms with E-state index in [1.807, 2.05) is 0 Å². The van der Waals surface area contributed by atoms with Gasteiger partial charge in [-0.25, -0.2) is 0 Å². The van der Waals surface area contributed by atoms with E-state index in [4.69, 9.17) is 0 Å². The molecule has 2 heteroatoms. The summed E-state index contributed by atoms with van der Waals surface area (Å²) in [6.07, 6.45) is 6.79. The van der Waals surface area contributed by atoms with Crippen LogP contribution < -0.4 is 5.32 Å². The molecule has 1 saturated heterocycles. The largest absolute Gasteiger partial charge is 0.316 e. The van der Waals surface area contributed by atoms with Crippen molar-refractivity contribution in [2.75, 3.05) is 20.1 Å². The van der Waals surface area contributed by atoms with Crippen LogP contribution in [0, 0.1) is 0 Å². The Kier molecular flexibility index (Phi) is 5.49. The number of likely N-dealkylation sites (N-methyl/N-ethyl adjacent to an activating group) is 1. The summed E-state index contributed by atoms with van der Waals surface area (Å²) >= 11 is 0.